The van der Waals surface area contributed by atoms with Crippen LogP contribution in [0.4, 0.5) is 4.39 Å². The van der Waals surface area contributed by atoms with Crippen LogP contribution in [0, 0.1) is 0 Å². The molecule has 2 rings (SSSR count). The summed E-state index contributed by atoms with van der Waals surface area (Å²) in [5.41, 5.74) is -1.39. The van der Waals surface area contributed by atoms with Gasteiger partial charge in [-0.15, -0.1) is 0 Å². The Labute approximate surface area is 120 Å². The van der Waals surface area contributed by atoms with Crippen LogP contribution in [0.2, 0.25) is 10.0 Å². The summed E-state index contributed by atoms with van der Waals surface area (Å²) in [5.74, 6) is -0.230. The summed E-state index contributed by atoms with van der Waals surface area (Å²) in [6.07, 6.45) is 0.390. The van der Waals surface area contributed by atoms with E-state index in [1.165, 1.54) is 11.0 Å². The maximum atomic E-state index is 13.7. The first kappa shape index (κ1) is 14.3. The summed E-state index contributed by atoms with van der Waals surface area (Å²) in [6, 6.07) is 4.61. The van der Waals surface area contributed by atoms with Gasteiger partial charge >= 0.3 is 0 Å². The van der Waals surface area contributed by atoms with Crippen molar-refractivity contribution in [3.8, 4) is 0 Å². The third kappa shape index (κ3) is 3.07. The van der Waals surface area contributed by atoms with Crippen molar-refractivity contribution in [3.05, 3.63) is 33.8 Å². The number of carbonyl (C=O) groups is 2. The molecule has 0 saturated carbocycles. The van der Waals surface area contributed by atoms with Gasteiger partial charge in [0.2, 0.25) is 0 Å². The molecule has 0 aromatic heterocycles. The molecule has 1 aliphatic rings. The van der Waals surface area contributed by atoms with Crippen molar-refractivity contribution in [1.82, 2.24) is 4.90 Å². The first-order chi connectivity index (χ1) is 8.95. The quantitative estimate of drug-likeness (QED) is 0.787. The number of piperidine rings is 1. The molecule has 19 heavy (non-hydrogen) atoms. The van der Waals surface area contributed by atoms with Gasteiger partial charge in [-0.1, -0.05) is 23.2 Å². The molecule has 1 fully saturated rings. The number of carbonyl (C=O) groups excluding carboxylic acids is 2. The lowest BCUT2D eigenvalue weighted by atomic mass is 9.94. The van der Waals surface area contributed by atoms with E-state index in [1.807, 2.05) is 0 Å². The van der Waals surface area contributed by atoms with Crippen LogP contribution in [-0.2, 0) is 4.79 Å². The molecule has 0 aliphatic carbocycles. The van der Waals surface area contributed by atoms with Gasteiger partial charge in [-0.05, 0) is 18.2 Å². The fraction of sp³-hybridized carbons (Fsp3) is 0.385. The molecule has 0 atom stereocenters. The zero-order chi connectivity index (χ0) is 14.0. The van der Waals surface area contributed by atoms with Gasteiger partial charge in [0.05, 0.1) is 10.0 Å². The minimum Gasteiger partial charge on any atom is -0.338 e. The average Bonchev–Trinajstić information content (AvgIpc) is 2.42. The molecule has 0 radical (unpaired) electrons. The van der Waals surface area contributed by atoms with Gasteiger partial charge in [-0.3, -0.25) is 9.59 Å². The second-order valence-corrected chi connectivity index (χ2v) is 5.39. The van der Waals surface area contributed by atoms with Crippen molar-refractivity contribution in [2.45, 2.75) is 18.5 Å². The number of hydrogen-bond acceptors (Lipinski definition) is 2. The maximum Gasteiger partial charge on any atom is 0.253 e. The molecule has 102 valence electrons. The molecular formula is C13H12Cl2FNO2. The van der Waals surface area contributed by atoms with E-state index < -0.39 is 5.67 Å². The van der Waals surface area contributed by atoms with Gasteiger partial charge in [0, 0.05) is 31.5 Å². The number of hydrogen-bond donors (Lipinski definition) is 0. The Kier molecular flexibility index (Phi) is 4.11. The summed E-state index contributed by atoms with van der Waals surface area (Å²) >= 11 is 11.6. The third-order valence-electron chi connectivity index (χ3n) is 3.26. The molecule has 1 aromatic carbocycles. The van der Waals surface area contributed by atoms with Crippen molar-refractivity contribution in [3.63, 3.8) is 0 Å². The van der Waals surface area contributed by atoms with Crippen LogP contribution >= 0.6 is 23.2 Å². The Morgan fingerprint density at radius 3 is 2.42 bits per heavy atom. The SMILES string of the molecule is O=CC1(F)CCN(C(=O)c2ccc(Cl)c(Cl)c2)CC1. The predicted molar refractivity (Wildman–Crippen MR) is 71.5 cm³/mol. The minimum absolute atomic E-state index is 0.0313. The van der Waals surface area contributed by atoms with Crippen LogP contribution in [0.15, 0.2) is 18.2 Å². The summed E-state index contributed by atoms with van der Waals surface area (Å²) < 4.78 is 13.7. The van der Waals surface area contributed by atoms with Crippen molar-refractivity contribution in [1.29, 1.82) is 0 Å². The molecule has 6 heteroatoms. The van der Waals surface area contributed by atoms with Crippen LogP contribution in [0.3, 0.4) is 0 Å². The van der Waals surface area contributed by atoms with Crippen LogP contribution in [0.1, 0.15) is 23.2 Å². The summed E-state index contributed by atoms with van der Waals surface area (Å²) in [5, 5.41) is 0.679. The smallest absolute Gasteiger partial charge is 0.253 e. The Morgan fingerprint density at radius 2 is 1.89 bits per heavy atom. The molecule has 1 aromatic rings. The van der Waals surface area contributed by atoms with E-state index in [1.54, 1.807) is 12.1 Å². The summed E-state index contributed by atoms with van der Waals surface area (Å²) in [6.45, 7) is 0.433. The predicted octanol–water partition coefficient (Wildman–Crippen LogP) is 3.14. The number of benzene rings is 1. The second-order valence-electron chi connectivity index (χ2n) is 4.57. The van der Waals surface area contributed by atoms with Gasteiger partial charge < -0.3 is 4.90 Å². The molecular weight excluding hydrogens is 292 g/mol. The largest absolute Gasteiger partial charge is 0.338 e. The number of likely N-dealkylation sites (tertiary alicyclic amines) is 1. The van der Waals surface area contributed by atoms with Gasteiger partial charge in [0.25, 0.3) is 5.91 Å². The Morgan fingerprint density at radius 1 is 1.26 bits per heavy atom. The molecule has 1 heterocycles. The first-order valence-corrected chi connectivity index (χ1v) is 6.60. The van der Waals surface area contributed by atoms with E-state index in [9.17, 15) is 14.0 Å². The standard InChI is InChI=1S/C13H12Cl2FNO2/c14-10-2-1-9(7-11(10)15)12(19)17-5-3-13(16,8-18)4-6-17/h1-2,7-8H,3-6H2. The fourth-order valence-electron chi connectivity index (χ4n) is 2.01. The maximum absolute atomic E-state index is 13.7. The molecule has 0 bridgehead atoms. The Bertz CT molecular complexity index is 513. The van der Waals surface area contributed by atoms with Gasteiger partial charge in [0.1, 0.15) is 0 Å². The van der Waals surface area contributed by atoms with Crippen LogP contribution < -0.4 is 0 Å². The Hall–Kier alpha value is -1.13. The van der Waals surface area contributed by atoms with Crippen molar-refractivity contribution in [2.75, 3.05) is 13.1 Å². The zero-order valence-electron chi connectivity index (χ0n) is 10.0. The summed E-state index contributed by atoms with van der Waals surface area (Å²) in [7, 11) is 0. The van der Waals surface area contributed by atoms with E-state index in [2.05, 4.69) is 0 Å². The molecule has 0 spiro atoms. The first-order valence-electron chi connectivity index (χ1n) is 5.85. The van der Waals surface area contributed by atoms with E-state index in [0.717, 1.165) is 0 Å². The van der Waals surface area contributed by atoms with Crippen molar-refractivity contribution < 1.29 is 14.0 Å². The zero-order valence-corrected chi connectivity index (χ0v) is 11.5. The molecule has 0 N–H and O–H groups in total. The van der Waals surface area contributed by atoms with Crippen molar-refractivity contribution >= 4 is 35.4 Å². The highest BCUT2D eigenvalue weighted by Gasteiger charge is 2.35. The van der Waals surface area contributed by atoms with E-state index in [-0.39, 0.29) is 31.8 Å². The monoisotopic (exact) mass is 303 g/mol. The van der Waals surface area contributed by atoms with Crippen LogP contribution in [0.5, 0.6) is 0 Å². The van der Waals surface area contributed by atoms with E-state index >= 15 is 0 Å². The Balaban J connectivity index is 2.09. The second kappa shape index (κ2) is 5.47. The molecule has 1 amide bonds. The summed E-state index contributed by atoms with van der Waals surface area (Å²) in [4.78, 5) is 24.3. The average molecular weight is 304 g/mol. The number of alkyl halides is 1. The number of amides is 1. The lowest BCUT2D eigenvalue weighted by molar-refractivity contribution is -0.120. The third-order valence-corrected chi connectivity index (χ3v) is 4.00. The minimum atomic E-state index is -1.80. The number of halogens is 3. The van der Waals surface area contributed by atoms with Gasteiger partial charge in [-0.2, -0.15) is 0 Å². The highest BCUT2D eigenvalue weighted by atomic mass is 35.5. The van der Waals surface area contributed by atoms with Crippen LogP contribution in [0.25, 0.3) is 0 Å². The highest BCUT2D eigenvalue weighted by Crippen LogP contribution is 2.27. The van der Waals surface area contributed by atoms with E-state index in [4.69, 9.17) is 23.2 Å². The molecule has 3 nitrogen and oxygen atoms in total. The normalized spacial score (nSPS) is 18.2. The molecule has 1 saturated heterocycles. The highest BCUT2D eigenvalue weighted by molar-refractivity contribution is 6.42. The molecule has 1 aliphatic heterocycles. The van der Waals surface area contributed by atoms with Crippen LogP contribution in [-0.4, -0.2) is 35.9 Å². The lowest BCUT2D eigenvalue weighted by Gasteiger charge is -2.33. The fourth-order valence-corrected chi connectivity index (χ4v) is 2.31. The lowest BCUT2D eigenvalue weighted by Crippen LogP contribution is -2.45. The number of nitrogens with zero attached hydrogens (tertiary/aromatic N) is 1. The molecule has 0 unspecified atom stereocenters. The van der Waals surface area contributed by atoms with Gasteiger partial charge in [0.15, 0.2) is 12.0 Å². The van der Waals surface area contributed by atoms with E-state index in [0.29, 0.717) is 21.9 Å². The topological polar surface area (TPSA) is 37.4 Å². The van der Waals surface area contributed by atoms with Crippen molar-refractivity contribution in [2.24, 2.45) is 0 Å². The number of aldehydes is 1. The van der Waals surface area contributed by atoms with Gasteiger partial charge in [-0.25, -0.2) is 4.39 Å². The number of rotatable bonds is 2.